The van der Waals surface area contributed by atoms with Gasteiger partial charge in [-0.15, -0.1) is 0 Å². The van der Waals surface area contributed by atoms with Crippen LogP contribution < -0.4 is 0 Å². The molecule has 4 nitrogen and oxygen atoms in total. The van der Waals surface area contributed by atoms with Gasteiger partial charge in [-0.1, -0.05) is 0 Å². The second-order valence-electron chi connectivity index (χ2n) is 1.34. The van der Waals surface area contributed by atoms with Gasteiger partial charge in [-0.25, -0.2) is 0 Å². The van der Waals surface area contributed by atoms with Gasteiger partial charge < -0.3 is 21.1 Å². The maximum absolute atomic E-state index is 7.00. The van der Waals surface area contributed by atoms with Crippen LogP contribution in [0.15, 0.2) is 0 Å². The summed E-state index contributed by atoms with van der Waals surface area (Å²) in [7, 11) is 11.5. The molecule has 0 aromatic heterocycles. The molecule has 75 valence electrons. The maximum Gasteiger partial charge on any atom is 3.00 e. The van der Waals surface area contributed by atoms with E-state index in [1.807, 2.05) is 0 Å². The predicted octanol–water partition coefficient (Wildman–Crippen LogP) is 1.47. The van der Waals surface area contributed by atoms with Crippen LogP contribution in [0.25, 0.3) is 16.0 Å². The van der Waals surface area contributed by atoms with Crippen molar-refractivity contribution in [1.82, 2.24) is 0 Å². The quantitative estimate of drug-likeness (QED) is 0.607. The summed E-state index contributed by atoms with van der Waals surface area (Å²) >= 11 is 0. The van der Waals surface area contributed by atoms with Crippen LogP contribution in [-0.4, -0.2) is 54.5 Å². The first-order valence-corrected chi connectivity index (χ1v) is 3.13. The maximum atomic E-state index is 7.00. The van der Waals surface area contributed by atoms with Gasteiger partial charge in [-0.2, -0.15) is 42.3 Å². The Balaban J connectivity index is -0.0000000179. The average molecular weight is 212 g/mol. The molecule has 0 aliphatic heterocycles. The Morgan fingerprint density at radius 3 is 0.583 bits per heavy atom. The van der Waals surface area contributed by atoms with Gasteiger partial charge >= 0.3 is 21.7 Å². The molecule has 5 heteroatoms. The molecule has 1 N–H and O–H groups in total. The Kier molecular flexibility index (Phi) is 249. The molecular weight excluding hydrogens is 190 g/mol. The van der Waals surface area contributed by atoms with E-state index in [-0.39, 0.29) is 21.7 Å². The molecule has 0 aliphatic rings. The van der Waals surface area contributed by atoms with Crippen LogP contribution in [0.4, 0.5) is 0 Å². The predicted molar refractivity (Wildman–Crippen MR) is 53.8 cm³/mol. The van der Waals surface area contributed by atoms with Gasteiger partial charge in [0, 0.05) is 7.11 Å². The SMILES string of the molecule is CO.C[N-]C.C[N-]C.C[N-]C.[Ti+3]. The molecule has 0 saturated heterocycles. The van der Waals surface area contributed by atoms with Crippen LogP contribution in [0.3, 0.4) is 0 Å². The molecule has 0 heterocycles. The van der Waals surface area contributed by atoms with Crippen LogP contribution in [0.1, 0.15) is 0 Å². The number of aliphatic hydroxyl groups excluding tert-OH is 1. The van der Waals surface area contributed by atoms with Gasteiger partial charge in [0.25, 0.3) is 0 Å². The van der Waals surface area contributed by atoms with Crippen molar-refractivity contribution in [3.8, 4) is 0 Å². The average Bonchev–Trinajstić information content (AvgIpc) is 1.96. The number of aliphatic hydroxyl groups is 1. The second-order valence-corrected chi connectivity index (χ2v) is 1.34. The Bertz CT molecular complexity index is 23.4. The van der Waals surface area contributed by atoms with E-state index in [1.165, 1.54) is 0 Å². The molecule has 12 heavy (non-hydrogen) atoms. The van der Waals surface area contributed by atoms with E-state index in [1.54, 1.807) is 42.3 Å². The van der Waals surface area contributed by atoms with Gasteiger partial charge in [0.2, 0.25) is 0 Å². The van der Waals surface area contributed by atoms with E-state index in [0.29, 0.717) is 0 Å². The Labute approximate surface area is 92.4 Å². The Morgan fingerprint density at radius 2 is 0.583 bits per heavy atom. The van der Waals surface area contributed by atoms with Crippen LogP contribution in [0.2, 0.25) is 0 Å². The van der Waals surface area contributed by atoms with Crippen molar-refractivity contribution in [3.05, 3.63) is 16.0 Å². The van der Waals surface area contributed by atoms with E-state index in [9.17, 15) is 0 Å². The Hall–Kier alpha value is 0.554. The van der Waals surface area contributed by atoms with Crippen LogP contribution in [0, 0.1) is 0 Å². The van der Waals surface area contributed by atoms with Gasteiger partial charge in [-0.05, 0) is 0 Å². The topological polar surface area (TPSA) is 62.5 Å². The molecule has 0 aliphatic carbocycles. The molecule has 0 unspecified atom stereocenters. The minimum Gasteiger partial charge on any atom is -0.668 e. The number of hydrogen-bond acceptors (Lipinski definition) is 1. The molecule has 0 fully saturated rings. The molecule has 0 aromatic rings. The third-order valence-electron chi connectivity index (χ3n) is 0. The van der Waals surface area contributed by atoms with Crippen LogP contribution in [0.5, 0.6) is 0 Å². The van der Waals surface area contributed by atoms with Gasteiger partial charge in [0.05, 0.1) is 0 Å². The summed E-state index contributed by atoms with van der Waals surface area (Å²) in [5, 5.41) is 17.5. The summed E-state index contributed by atoms with van der Waals surface area (Å²) in [6.07, 6.45) is 0. The summed E-state index contributed by atoms with van der Waals surface area (Å²) in [5.41, 5.74) is 0. The standard InChI is InChI=1S/3C2H6N.CH4O.Ti/c3*1-3-2;1-2;/h3*1-2H3;2H,1H3;/q3*-1;;+3. The molecule has 0 amide bonds. The molecule has 0 rings (SSSR count). The normalized spacial score (nSPS) is 5.00. The van der Waals surface area contributed by atoms with Gasteiger partial charge in [0.1, 0.15) is 0 Å². The molecule has 1 radical (unpaired) electrons. The monoisotopic (exact) mass is 212 g/mol. The molecule has 0 aromatic carbocycles. The first kappa shape index (κ1) is 29.4. The smallest absolute Gasteiger partial charge is 0.668 e. The van der Waals surface area contributed by atoms with Gasteiger partial charge in [0.15, 0.2) is 0 Å². The zero-order chi connectivity index (χ0) is 10.1. The van der Waals surface area contributed by atoms with Crippen molar-refractivity contribution < 1.29 is 26.8 Å². The minimum atomic E-state index is 0. The van der Waals surface area contributed by atoms with Crippen molar-refractivity contribution >= 4 is 0 Å². The summed E-state index contributed by atoms with van der Waals surface area (Å²) < 4.78 is 0. The number of hydrogen-bond donors (Lipinski definition) is 1. The van der Waals surface area contributed by atoms with E-state index in [4.69, 9.17) is 5.11 Å². The summed E-state index contributed by atoms with van der Waals surface area (Å²) in [4.78, 5) is 0. The molecular formula is C7H22N3OTi. The van der Waals surface area contributed by atoms with Crippen molar-refractivity contribution in [3.63, 3.8) is 0 Å². The second kappa shape index (κ2) is 102. The molecule has 0 atom stereocenters. The van der Waals surface area contributed by atoms with Crippen molar-refractivity contribution in [2.75, 3.05) is 49.4 Å². The van der Waals surface area contributed by atoms with E-state index < -0.39 is 0 Å². The van der Waals surface area contributed by atoms with Crippen LogP contribution in [-0.2, 0) is 21.7 Å². The third kappa shape index (κ3) is 3140. The number of rotatable bonds is 0. The first-order valence-electron chi connectivity index (χ1n) is 3.13. The fraction of sp³-hybridized carbons (Fsp3) is 1.00. The van der Waals surface area contributed by atoms with Crippen LogP contribution >= 0.6 is 0 Å². The molecule has 0 spiro atoms. The van der Waals surface area contributed by atoms with E-state index in [0.717, 1.165) is 7.11 Å². The fourth-order valence-corrected chi connectivity index (χ4v) is 0. The van der Waals surface area contributed by atoms with Crippen molar-refractivity contribution in [1.29, 1.82) is 0 Å². The third-order valence-corrected chi connectivity index (χ3v) is 0. The Morgan fingerprint density at radius 1 is 0.583 bits per heavy atom. The first-order chi connectivity index (χ1) is 5.24. The zero-order valence-corrected chi connectivity index (χ0v) is 10.9. The zero-order valence-electron chi connectivity index (χ0n) is 9.29. The largest absolute Gasteiger partial charge is 3.00 e. The van der Waals surface area contributed by atoms with E-state index in [2.05, 4.69) is 16.0 Å². The number of nitrogens with zero attached hydrogens (tertiary/aromatic N) is 3. The summed E-state index contributed by atoms with van der Waals surface area (Å²) in [5.74, 6) is 0. The van der Waals surface area contributed by atoms with Crippen molar-refractivity contribution in [2.24, 2.45) is 0 Å². The molecule has 0 saturated carbocycles. The van der Waals surface area contributed by atoms with E-state index >= 15 is 0 Å². The van der Waals surface area contributed by atoms with Gasteiger partial charge in [-0.3, -0.25) is 0 Å². The molecule has 0 bridgehead atoms. The fourth-order valence-electron chi connectivity index (χ4n) is 0. The van der Waals surface area contributed by atoms with Crippen molar-refractivity contribution in [2.45, 2.75) is 0 Å². The summed E-state index contributed by atoms with van der Waals surface area (Å²) in [6, 6.07) is 0. The minimum absolute atomic E-state index is 0. The summed E-state index contributed by atoms with van der Waals surface area (Å²) in [6.45, 7) is 0.